The first kappa shape index (κ1) is 21.5. The maximum Gasteiger partial charge on any atom is 0.256 e. The van der Waals surface area contributed by atoms with E-state index in [1.54, 1.807) is 53.6 Å². The van der Waals surface area contributed by atoms with Crippen molar-refractivity contribution in [2.24, 2.45) is 0 Å². The van der Waals surface area contributed by atoms with Gasteiger partial charge in [0.1, 0.15) is 5.75 Å². The SMILES string of the molecule is CCOc1ccc(S(=O)(=O)N2CCN(C(=O)c3cc(Cl)cc4cccnc34)CC2)cc1. The molecule has 1 amide bonds. The van der Waals surface area contributed by atoms with Crippen LogP contribution in [0.5, 0.6) is 5.75 Å². The number of rotatable bonds is 5. The van der Waals surface area contributed by atoms with Crippen LogP contribution in [0.4, 0.5) is 0 Å². The number of sulfonamides is 1. The van der Waals surface area contributed by atoms with E-state index in [1.165, 1.54) is 4.31 Å². The third-order valence-electron chi connectivity index (χ3n) is 5.20. The van der Waals surface area contributed by atoms with Crippen molar-refractivity contribution >= 4 is 38.4 Å². The monoisotopic (exact) mass is 459 g/mol. The van der Waals surface area contributed by atoms with Crippen molar-refractivity contribution in [1.82, 2.24) is 14.2 Å². The molecule has 0 N–H and O–H groups in total. The number of carbonyl (C=O) groups excluding carboxylic acids is 1. The maximum atomic E-state index is 13.1. The first-order valence-electron chi connectivity index (χ1n) is 9.96. The highest BCUT2D eigenvalue weighted by atomic mass is 35.5. The molecule has 0 unspecified atom stereocenters. The summed E-state index contributed by atoms with van der Waals surface area (Å²) in [6, 6.07) is 13.4. The molecule has 7 nitrogen and oxygen atoms in total. The molecule has 0 aliphatic carbocycles. The molecule has 2 aromatic carbocycles. The van der Waals surface area contributed by atoms with Gasteiger partial charge in [0.05, 0.1) is 22.6 Å². The number of ether oxygens (including phenoxy) is 1. The minimum absolute atomic E-state index is 0.204. The van der Waals surface area contributed by atoms with Gasteiger partial charge in [0.15, 0.2) is 0 Å². The van der Waals surface area contributed by atoms with Crippen LogP contribution in [0, 0.1) is 0 Å². The predicted molar refractivity (Wildman–Crippen MR) is 119 cm³/mol. The van der Waals surface area contributed by atoms with Crippen molar-refractivity contribution in [3.05, 3.63) is 65.3 Å². The summed E-state index contributed by atoms with van der Waals surface area (Å²) in [7, 11) is -3.64. The zero-order chi connectivity index (χ0) is 22.0. The summed E-state index contributed by atoms with van der Waals surface area (Å²) in [6.45, 7) is 3.39. The molecule has 4 rings (SSSR count). The van der Waals surface area contributed by atoms with Gasteiger partial charge < -0.3 is 9.64 Å². The highest BCUT2D eigenvalue weighted by Crippen LogP contribution is 2.25. The Morgan fingerprint density at radius 1 is 1.10 bits per heavy atom. The molecule has 1 fully saturated rings. The number of benzene rings is 2. The molecular formula is C22H22ClN3O4S. The van der Waals surface area contributed by atoms with Crippen LogP contribution in [-0.4, -0.2) is 61.3 Å². The normalized spacial score (nSPS) is 15.2. The maximum absolute atomic E-state index is 13.1. The van der Waals surface area contributed by atoms with Gasteiger partial charge in [-0.2, -0.15) is 4.31 Å². The lowest BCUT2D eigenvalue weighted by Crippen LogP contribution is -2.50. The van der Waals surface area contributed by atoms with Gasteiger partial charge in [0.25, 0.3) is 5.91 Å². The number of piperazine rings is 1. The summed E-state index contributed by atoms with van der Waals surface area (Å²) in [4.78, 5) is 19.3. The van der Waals surface area contributed by atoms with Crippen LogP contribution in [-0.2, 0) is 10.0 Å². The molecule has 1 aliphatic heterocycles. The van der Waals surface area contributed by atoms with Gasteiger partial charge in [-0.25, -0.2) is 8.42 Å². The summed E-state index contributed by atoms with van der Waals surface area (Å²) in [5, 5.41) is 1.25. The summed E-state index contributed by atoms with van der Waals surface area (Å²) in [5.74, 6) is 0.420. The number of fused-ring (bicyclic) bond motifs is 1. The van der Waals surface area contributed by atoms with Crippen molar-refractivity contribution in [3.8, 4) is 5.75 Å². The minimum Gasteiger partial charge on any atom is -0.494 e. The third-order valence-corrected chi connectivity index (χ3v) is 7.33. The molecule has 1 aromatic heterocycles. The highest BCUT2D eigenvalue weighted by Gasteiger charge is 2.31. The quantitative estimate of drug-likeness (QED) is 0.584. The molecular weight excluding hydrogens is 438 g/mol. The fraction of sp³-hybridized carbons (Fsp3) is 0.273. The van der Waals surface area contributed by atoms with E-state index >= 15 is 0 Å². The number of hydrogen-bond acceptors (Lipinski definition) is 5. The largest absolute Gasteiger partial charge is 0.494 e. The Balaban J connectivity index is 1.49. The topological polar surface area (TPSA) is 79.8 Å². The number of halogens is 1. The zero-order valence-electron chi connectivity index (χ0n) is 17.0. The molecule has 0 saturated carbocycles. The smallest absolute Gasteiger partial charge is 0.256 e. The van der Waals surface area contributed by atoms with E-state index in [0.29, 0.717) is 28.5 Å². The predicted octanol–water partition coefficient (Wildman–Crippen LogP) is 3.43. The van der Waals surface area contributed by atoms with E-state index in [-0.39, 0.29) is 37.0 Å². The Morgan fingerprint density at radius 3 is 2.48 bits per heavy atom. The molecule has 1 aliphatic rings. The summed E-state index contributed by atoms with van der Waals surface area (Å²) < 4.78 is 32.7. The van der Waals surface area contributed by atoms with Gasteiger partial charge in [-0.1, -0.05) is 17.7 Å². The van der Waals surface area contributed by atoms with Gasteiger partial charge in [0.2, 0.25) is 10.0 Å². The van der Waals surface area contributed by atoms with Crippen LogP contribution < -0.4 is 4.74 Å². The van der Waals surface area contributed by atoms with Crippen LogP contribution >= 0.6 is 11.6 Å². The standard InChI is InChI=1S/C22H22ClN3O4S/c1-2-30-18-5-7-19(8-6-18)31(28,29)26-12-10-25(11-13-26)22(27)20-15-17(23)14-16-4-3-9-24-21(16)20/h3-9,14-15H,2,10-13H2,1H3. The molecule has 0 atom stereocenters. The van der Waals surface area contributed by atoms with Gasteiger partial charge in [-0.15, -0.1) is 0 Å². The van der Waals surface area contributed by atoms with Gasteiger partial charge in [-0.05, 0) is 49.4 Å². The van der Waals surface area contributed by atoms with Crippen LogP contribution in [0.2, 0.25) is 5.02 Å². The first-order chi connectivity index (χ1) is 14.9. The molecule has 1 saturated heterocycles. The average Bonchev–Trinajstić information content (AvgIpc) is 2.78. The van der Waals surface area contributed by atoms with E-state index in [9.17, 15) is 13.2 Å². The number of aromatic nitrogens is 1. The van der Waals surface area contributed by atoms with E-state index in [4.69, 9.17) is 16.3 Å². The van der Waals surface area contributed by atoms with Gasteiger partial charge >= 0.3 is 0 Å². The first-order valence-corrected chi connectivity index (χ1v) is 11.8. The molecule has 2 heterocycles. The second-order valence-corrected chi connectivity index (χ2v) is 9.50. The van der Waals surface area contributed by atoms with E-state index < -0.39 is 10.0 Å². The summed E-state index contributed by atoms with van der Waals surface area (Å²) in [6.07, 6.45) is 1.63. The fourth-order valence-corrected chi connectivity index (χ4v) is 5.29. The van der Waals surface area contributed by atoms with Crippen LogP contribution in [0.15, 0.2) is 59.6 Å². The van der Waals surface area contributed by atoms with Crippen molar-refractivity contribution < 1.29 is 17.9 Å². The molecule has 0 spiro atoms. The van der Waals surface area contributed by atoms with E-state index in [0.717, 1.165) is 5.39 Å². The Labute approximate surface area is 186 Å². The number of amides is 1. The second kappa shape index (κ2) is 8.82. The number of pyridine rings is 1. The van der Waals surface area contributed by atoms with Gasteiger partial charge in [0, 0.05) is 42.8 Å². The molecule has 3 aromatic rings. The Kier molecular flexibility index (Phi) is 6.13. The fourth-order valence-electron chi connectivity index (χ4n) is 3.64. The van der Waals surface area contributed by atoms with Crippen molar-refractivity contribution in [1.29, 1.82) is 0 Å². The lowest BCUT2D eigenvalue weighted by atomic mass is 10.1. The lowest BCUT2D eigenvalue weighted by Gasteiger charge is -2.34. The second-order valence-electron chi connectivity index (χ2n) is 7.13. The third kappa shape index (κ3) is 4.37. The van der Waals surface area contributed by atoms with E-state index in [1.807, 2.05) is 13.0 Å². The van der Waals surface area contributed by atoms with Crippen LogP contribution in [0.1, 0.15) is 17.3 Å². The van der Waals surface area contributed by atoms with Crippen LogP contribution in [0.25, 0.3) is 10.9 Å². The number of carbonyl (C=O) groups is 1. The highest BCUT2D eigenvalue weighted by molar-refractivity contribution is 7.89. The molecule has 162 valence electrons. The Morgan fingerprint density at radius 2 is 1.81 bits per heavy atom. The van der Waals surface area contributed by atoms with Gasteiger partial charge in [-0.3, -0.25) is 9.78 Å². The molecule has 31 heavy (non-hydrogen) atoms. The molecule has 0 bridgehead atoms. The Bertz CT molecular complexity index is 1210. The summed E-state index contributed by atoms with van der Waals surface area (Å²) in [5.41, 5.74) is 1.01. The molecule has 0 radical (unpaired) electrons. The van der Waals surface area contributed by atoms with Crippen LogP contribution in [0.3, 0.4) is 0 Å². The van der Waals surface area contributed by atoms with E-state index in [2.05, 4.69) is 4.98 Å². The number of nitrogens with zero attached hydrogens (tertiary/aromatic N) is 3. The number of hydrogen-bond donors (Lipinski definition) is 0. The lowest BCUT2D eigenvalue weighted by molar-refractivity contribution is 0.0699. The Hall–Kier alpha value is -2.68. The average molecular weight is 460 g/mol. The minimum atomic E-state index is -3.64. The van der Waals surface area contributed by atoms with Crippen molar-refractivity contribution in [3.63, 3.8) is 0 Å². The molecule has 9 heteroatoms. The zero-order valence-corrected chi connectivity index (χ0v) is 18.6. The van der Waals surface area contributed by atoms with Crippen molar-refractivity contribution in [2.45, 2.75) is 11.8 Å². The summed E-state index contributed by atoms with van der Waals surface area (Å²) >= 11 is 6.19. The van der Waals surface area contributed by atoms with Crippen molar-refractivity contribution in [2.75, 3.05) is 32.8 Å².